The van der Waals surface area contributed by atoms with E-state index in [1.165, 1.54) is 4.90 Å². The van der Waals surface area contributed by atoms with Crippen molar-refractivity contribution in [1.82, 2.24) is 19.8 Å². The van der Waals surface area contributed by atoms with Gasteiger partial charge in [0.05, 0.1) is 0 Å². The fourth-order valence-electron chi connectivity index (χ4n) is 2.34. The lowest BCUT2D eigenvalue weighted by molar-refractivity contribution is -0.127. The third kappa shape index (κ3) is 6.83. The molecule has 0 radical (unpaired) electrons. The zero-order chi connectivity index (χ0) is 20.8. The highest BCUT2D eigenvalue weighted by Crippen LogP contribution is 2.28. The number of nitrogens with one attached hydrogen (secondary N) is 2. The smallest absolute Gasteiger partial charge is 0.354 e. The Morgan fingerprint density at radius 1 is 1.30 bits per heavy atom. The first-order valence-corrected chi connectivity index (χ1v) is 10.2. The minimum Gasteiger partial charge on any atom is -0.354 e. The predicted octanol–water partition coefficient (Wildman–Crippen LogP) is 0.722. The molecule has 1 aliphatic heterocycles. The second kappa shape index (κ2) is 9.58. The zero-order valence-electron chi connectivity index (χ0n) is 16.0. The van der Waals surface area contributed by atoms with Gasteiger partial charge in [-0.05, 0) is 26.2 Å². The summed E-state index contributed by atoms with van der Waals surface area (Å²) in [5.74, 6) is 0.197. The Kier molecular flexibility index (Phi) is 8.33. The molecule has 12 heteroatoms. The summed E-state index contributed by atoms with van der Waals surface area (Å²) in [6.45, 7) is 3.38. The van der Waals surface area contributed by atoms with Crippen molar-refractivity contribution in [2.24, 2.45) is 4.99 Å². The lowest BCUT2D eigenvalue weighted by Gasteiger charge is -2.33. The maximum Gasteiger partial charge on any atom is 0.511 e. The largest absolute Gasteiger partial charge is 0.511 e. The van der Waals surface area contributed by atoms with E-state index >= 15 is 0 Å². The highest BCUT2D eigenvalue weighted by atomic mass is 32.2. The number of hydrogen-bond donors (Lipinski definition) is 2. The Morgan fingerprint density at radius 3 is 2.30 bits per heavy atom. The van der Waals surface area contributed by atoms with Crippen LogP contribution in [0.3, 0.4) is 0 Å². The third-order valence-electron chi connectivity index (χ3n) is 4.29. The summed E-state index contributed by atoms with van der Waals surface area (Å²) in [5.41, 5.74) is -5.29. The average molecular weight is 415 g/mol. The van der Waals surface area contributed by atoms with Gasteiger partial charge in [0.15, 0.2) is 5.96 Å². The summed E-state index contributed by atoms with van der Waals surface area (Å²) in [7, 11) is -2.07. The van der Waals surface area contributed by atoms with Crippen molar-refractivity contribution in [3.8, 4) is 0 Å². The van der Waals surface area contributed by atoms with Gasteiger partial charge in [0.1, 0.15) is 6.54 Å². The van der Waals surface area contributed by atoms with E-state index in [4.69, 9.17) is 0 Å². The van der Waals surface area contributed by atoms with E-state index in [-0.39, 0.29) is 50.5 Å². The molecule has 0 spiro atoms. The number of alkyl halides is 3. The molecule has 27 heavy (non-hydrogen) atoms. The fourth-order valence-corrected chi connectivity index (χ4v) is 3.32. The maximum absolute atomic E-state index is 12.6. The van der Waals surface area contributed by atoms with Gasteiger partial charge in [-0.15, -0.1) is 0 Å². The number of amides is 1. The standard InChI is InChI=1S/C15H28F3N5O3S/c1-5-11(2)20-14(19-10-13(24)22(3)4)21-12-6-8-23(9-7-12)27(25,26)15(16,17)18/h11-12H,5-10H2,1-4H3,(H2,19,20,21). The number of piperidine rings is 1. The second-order valence-corrected chi connectivity index (χ2v) is 8.60. The van der Waals surface area contributed by atoms with Crippen molar-refractivity contribution in [3.05, 3.63) is 0 Å². The van der Waals surface area contributed by atoms with Gasteiger partial charge in [0, 0.05) is 39.3 Å². The van der Waals surface area contributed by atoms with Crippen LogP contribution in [0.2, 0.25) is 0 Å². The summed E-state index contributed by atoms with van der Waals surface area (Å²) in [4.78, 5) is 17.4. The lowest BCUT2D eigenvalue weighted by Crippen LogP contribution is -2.52. The van der Waals surface area contributed by atoms with E-state index in [9.17, 15) is 26.4 Å². The number of hydrogen-bond acceptors (Lipinski definition) is 4. The zero-order valence-corrected chi connectivity index (χ0v) is 16.8. The first-order valence-electron chi connectivity index (χ1n) is 8.72. The third-order valence-corrected chi connectivity index (χ3v) is 5.92. The Labute approximate surface area is 158 Å². The molecular weight excluding hydrogens is 387 g/mol. The van der Waals surface area contributed by atoms with Crippen molar-refractivity contribution in [2.45, 2.75) is 50.7 Å². The molecule has 1 amide bonds. The van der Waals surface area contributed by atoms with Gasteiger partial charge in [0.2, 0.25) is 5.91 Å². The van der Waals surface area contributed by atoms with Gasteiger partial charge in [0.25, 0.3) is 0 Å². The molecule has 1 aliphatic rings. The van der Waals surface area contributed by atoms with Gasteiger partial charge in [-0.25, -0.2) is 13.4 Å². The normalized spacial score (nSPS) is 18.9. The molecule has 0 saturated carbocycles. The molecule has 0 aromatic heterocycles. The van der Waals surface area contributed by atoms with E-state index in [0.29, 0.717) is 10.3 Å². The van der Waals surface area contributed by atoms with Gasteiger partial charge in [-0.2, -0.15) is 17.5 Å². The molecule has 0 bridgehead atoms. The minimum atomic E-state index is -5.30. The van der Waals surface area contributed by atoms with Crippen molar-refractivity contribution in [3.63, 3.8) is 0 Å². The molecule has 1 saturated heterocycles. The van der Waals surface area contributed by atoms with Crippen LogP contribution in [0, 0.1) is 0 Å². The van der Waals surface area contributed by atoms with Crippen molar-refractivity contribution in [2.75, 3.05) is 33.7 Å². The number of likely N-dealkylation sites (N-methyl/N-ethyl adjacent to an activating group) is 1. The molecule has 158 valence electrons. The molecule has 0 aliphatic carbocycles. The molecule has 1 heterocycles. The highest BCUT2D eigenvalue weighted by molar-refractivity contribution is 7.90. The van der Waals surface area contributed by atoms with E-state index in [0.717, 1.165) is 6.42 Å². The van der Waals surface area contributed by atoms with Gasteiger partial charge in [-0.3, -0.25) is 4.79 Å². The van der Waals surface area contributed by atoms with Crippen LogP contribution in [0.1, 0.15) is 33.1 Å². The van der Waals surface area contributed by atoms with Crippen LogP contribution < -0.4 is 10.6 Å². The van der Waals surface area contributed by atoms with Crippen molar-refractivity contribution < 1.29 is 26.4 Å². The topological polar surface area (TPSA) is 94.1 Å². The quantitative estimate of drug-likeness (QED) is 0.493. The molecule has 0 aromatic rings. The van der Waals surface area contributed by atoms with Crippen molar-refractivity contribution >= 4 is 21.9 Å². The Bertz CT molecular complexity index is 629. The van der Waals surface area contributed by atoms with Crippen LogP contribution in [0.4, 0.5) is 13.2 Å². The average Bonchev–Trinajstić information content (AvgIpc) is 2.58. The Balaban J connectivity index is 2.72. The molecule has 8 nitrogen and oxygen atoms in total. The van der Waals surface area contributed by atoms with E-state index in [1.807, 2.05) is 13.8 Å². The summed E-state index contributed by atoms with van der Waals surface area (Å²) in [5, 5.41) is 6.22. The van der Waals surface area contributed by atoms with Gasteiger partial charge < -0.3 is 15.5 Å². The fraction of sp³-hybridized carbons (Fsp3) is 0.867. The number of guanidine groups is 1. The summed E-state index contributed by atoms with van der Waals surface area (Å²) in [6, 6.07) is -0.161. The van der Waals surface area contributed by atoms with Crippen LogP contribution in [-0.2, 0) is 14.8 Å². The van der Waals surface area contributed by atoms with Gasteiger partial charge >= 0.3 is 15.5 Å². The van der Waals surface area contributed by atoms with Crippen LogP contribution in [-0.4, -0.2) is 80.8 Å². The number of carbonyl (C=O) groups is 1. The number of nitrogens with zero attached hydrogens (tertiary/aromatic N) is 3. The van der Waals surface area contributed by atoms with Crippen molar-refractivity contribution in [1.29, 1.82) is 0 Å². The summed E-state index contributed by atoms with van der Waals surface area (Å²) in [6.07, 6.45) is 1.22. The molecule has 1 atom stereocenters. The lowest BCUT2D eigenvalue weighted by atomic mass is 10.1. The summed E-state index contributed by atoms with van der Waals surface area (Å²) < 4.78 is 61.3. The molecular formula is C15H28F3N5O3S. The molecule has 0 aromatic carbocycles. The number of rotatable bonds is 6. The first-order chi connectivity index (χ1) is 12.4. The summed E-state index contributed by atoms with van der Waals surface area (Å²) >= 11 is 0. The molecule has 2 N–H and O–H groups in total. The number of aliphatic imine (C=N–C) groups is 1. The van der Waals surface area contributed by atoms with Crippen LogP contribution in [0.5, 0.6) is 0 Å². The van der Waals surface area contributed by atoms with Crippen LogP contribution in [0.25, 0.3) is 0 Å². The van der Waals surface area contributed by atoms with E-state index in [1.54, 1.807) is 14.1 Å². The van der Waals surface area contributed by atoms with Crippen LogP contribution >= 0.6 is 0 Å². The Morgan fingerprint density at radius 2 is 1.85 bits per heavy atom. The molecule has 1 fully saturated rings. The molecule has 1 unspecified atom stereocenters. The first kappa shape index (κ1) is 23.5. The Hall–Kier alpha value is -1.56. The minimum absolute atomic E-state index is 0.0694. The number of carbonyl (C=O) groups excluding carboxylic acids is 1. The highest BCUT2D eigenvalue weighted by Gasteiger charge is 2.50. The SMILES string of the molecule is CCC(C)NC(=NCC(=O)N(C)C)NC1CCN(S(=O)(=O)C(F)(F)F)CC1. The number of halogens is 3. The monoisotopic (exact) mass is 415 g/mol. The van der Waals surface area contributed by atoms with Gasteiger partial charge in [-0.1, -0.05) is 6.92 Å². The maximum atomic E-state index is 12.6. The van der Waals surface area contributed by atoms with E-state index < -0.39 is 15.5 Å². The van der Waals surface area contributed by atoms with E-state index in [2.05, 4.69) is 15.6 Å². The predicted molar refractivity (Wildman–Crippen MR) is 96.6 cm³/mol. The second-order valence-electron chi connectivity index (χ2n) is 6.68. The number of sulfonamides is 1. The van der Waals surface area contributed by atoms with Crippen LogP contribution in [0.15, 0.2) is 4.99 Å². The molecule has 1 rings (SSSR count).